The maximum atomic E-state index is 13.2. The van der Waals surface area contributed by atoms with Crippen molar-refractivity contribution < 1.29 is 23.8 Å². The van der Waals surface area contributed by atoms with E-state index in [-0.39, 0.29) is 11.4 Å². The van der Waals surface area contributed by atoms with E-state index in [4.69, 9.17) is 37.4 Å². The van der Waals surface area contributed by atoms with Gasteiger partial charge in [0, 0.05) is 11.4 Å². The molecule has 2 atom stereocenters. The zero-order valence-electron chi connectivity index (χ0n) is 24.6. The molecule has 0 unspecified atom stereocenters. The number of rotatable bonds is 13. The largest absolute Gasteiger partial charge is 0.493 e. The minimum absolute atomic E-state index is 0.239. The fraction of sp³-hybridized carbons (Fsp3) is 0.206. The van der Waals surface area contributed by atoms with Gasteiger partial charge in [-0.1, -0.05) is 83.4 Å². The van der Waals surface area contributed by atoms with Crippen molar-refractivity contribution in [3.8, 4) is 17.2 Å². The van der Waals surface area contributed by atoms with Gasteiger partial charge in [-0.3, -0.25) is 9.59 Å². The highest BCUT2D eigenvalue weighted by Crippen LogP contribution is 2.29. The summed E-state index contributed by atoms with van der Waals surface area (Å²) < 4.78 is 17.2. The Balaban J connectivity index is 1.40. The average Bonchev–Trinajstić information content (AvgIpc) is 3.02. The van der Waals surface area contributed by atoms with E-state index < -0.39 is 24.0 Å². The average molecular weight is 635 g/mol. The molecular weight excluding hydrogens is 601 g/mol. The summed E-state index contributed by atoms with van der Waals surface area (Å²) in [6, 6.07) is 26.6. The van der Waals surface area contributed by atoms with Gasteiger partial charge in [-0.25, -0.2) is 5.43 Å². The van der Waals surface area contributed by atoms with Crippen LogP contribution in [-0.4, -0.2) is 37.3 Å². The molecule has 0 bridgehead atoms. The molecule has 4 aromatic rings. The quantitative estimate of drug-likeness (QED) is 0.129. The summed E-state index contributed by atoms with van der Waals surface area (Å²) >= 11 is 12.1. The van der Waals surface area contributed by atoms with E-state index in [2.05, 4.69) is 15.8 Å². The number of carbonyl (C=O) groups excluding carboxylic acids is 2. The van der Waals surface area contributed by atoms with E-state index in [0.29, 0.717) is 34.4 Å². The highest BCUT2D eigenvalue weighted by molar-refractivity contribution is 6.35. The first-order chi connectivity index (χ1) is 21.2. The number of halogens is 2. The van der Waals surface area contributed by atoms with Crippen LogP contribution in [0.3, 0.4) is 0 Å². The number of hydrazone groups is 1. The number of aryl methyl sites for hydroxylation is 1. The van der Waals surface area contributed by atoms with Crippen molar-refractivity contribution in [3.05, 3.63) is 123 Å². The van der Waals surface area contributed by atoms with Crippen LogP contribution >= 0.6 is 23.2 Å². The highest BCUT2D eigenvalue weighted by atomic mass is 35.5. The Morgan fingerprint density at radius 1 is 0.864 bits per heavy atom. The highest BCUT2D eigenvalue weighted by Gasteiger charge is 2.25. The number of nitrogens with zero attached hydrogens (tertiary/aromatic N) is 1. The monoisotopic (exact) mass is 633 g/mol. The van der Waals surface area contributed by atoms with Crippen LogP contribution < -0.4 is 25.0 Å². The second kappa shape index (κ2) is 15.8. The summed E-state index contributed by atoms with van der Waals surface area (Å²) in [5, 5.41) is 7.60. The second-order valence-electron chi connectivity index (χ2n) is 10.0. The van der Waals surface area contributed by atoms with Crippen molar-refractivity contribution in [1.29, 1.82) is 0 Å². The Hall–Kier alpha value is -4.53. The molecule has 4 rings (SSSR count). The number of benzene rings is 4. The number of ether oxygens (including phenoxy) is 3. The number of nitrogens with one attached hydrogen (secondary N) is 2. The third-order valence-electron chi connectivity index (χ3n) is 6.57. The predicted molar refractivity (Wildman–Crippen MR) is 173 cm³/mol. The van der Waals surface area contributed by atoms with Gasteiger partial charge in [0.05, 0.1) is 18.3 Å². The Labute approximate surface area is 266 Å². The van der Waals surface area contributed by atoms with Crippen LogP contribution in [-0.2, 0) is 22.6 Å². The fourth-order valence-electron chi connectivity index (χ4n) is 4.14. The van der Waals surface area contributed by atoms with Crippen LogP contribution in [0.4, 0.5) is 0 Å². The van der Waals surface area contributed by atoms with E-state index in [1.807, 2.05) is 61.5 Å². The third-order valence-corrected chi connectivity index (χ3v) is 7.10. The molecule has 0 aliphatic rings. The van der Waals surface area contributed by atoms with Crippen molar-refractivity contribution in [2.45, 2.75) is 39.0 Å². The van der Waals surface area contributed by atoms with Crippen LogP contribution in [0.5, 0.6) is 17.2 Å². The second-order valence-corrected chi connectivity index (χ2v) is 10.8. The smallest absolute Gasteiger partial charge is 0.262 e. The van der Waals surface area contributed by atoms with E-state index in [9.17, 15) is 9.59 Å². The molecule has 0 saturated heterocycles. The molecule has 0 aliphatic carbocycles. The van der Waals surface area contributed by atoms with Gasteiger partial charge in [0.25, 0.3) is 11.8 Å². The molecule has 44 heavy (non-hydrogen) atoms. The molecule has 0 aromatic heterocycles. The van der Waals surface area contributed by atoms with Gasteiger partial charge in [0.2, 0.25) is 0 Å². The first-order valence-electron chi connectivity index (χ1n) is 13.9. The molecule has 0 saturated carbocycles. The van der Waals surface area contributed by atoms with Crippen LogP contribution in [0, 0.1) is 6.92 Å². The van der Waals surface area contributed by atoms with E-state index in [1.165, 1.54) is 17.8 Å². The molecule has 0 fully saturated rings. The van der Waals surface area contributed by atoms with Crippen LogP contribution in [0.15, 0.2) is 96.1 Å². The zero-order valence-corrected chi connectivity index (χ0v) is 26.1. The van der Waals surface area contributed by atoms with Crippen LogP contribution in [0.25, 0.3) is 0 Å². The van der Waals surface area contributed by atoms with Gasteiger partial charge >= 0.3 is 0 Å². The Bertz CT molecular complexity index is 1600. The standard InChI is InChI=1S/C34H33Cl2N3O5/c1-22-9-11-25(12-10-22)21-43-31-15-13-26(18-32(31)42-3)20-37-39-34(41)29(17-24-7-5-4-6-8-24)38-33(40)23(2)44-30-16-14-27(35)19-28(30)36/h4-16,18-20,23,29H,17,21H2,1-3H3,(H,38,40)(H,39,41)/b37-20-/t23-,29+/m1/s1. The lowest BCUT2D eigenvalue weighted by atomic mass is 10.1. The lowest BCUT2D eigenvalue weighted by Crippen LogP contribution is -2.50. The molecule has 0 heterocycles. The van der Waals surface area contributed by atoms with E-state index in [0.717, 1.165) is 11.1 Å². The van der Waals surface area contributed by atoms with Gasteiger partial charge in [0.15, 0.2) is 17.6 Å². The van der Waals surface area contributed by atoms with Crippen molar-refractivity contribution >= 4 is 41.2 Å². The normalized spacial score (nSPS) is 12.3. The third kappa shape index (κ3) is 9.49. The Kier molecular flexibility index (Phi) is 11.6. The molecule has 0 aliphatic heterocycles. The molecule has 2 N–H and O–H groups in total. The molecule has 228 valence electrons. The maximum Gasteiger partial charge on any atom is 0.262 e. The van der Waals surface area contributed by atoms with Crippen LogP contribution in [0.2, 0.25) is 10.0 Å². The summed E-state index contributed by atoms with van der Waals surface area (Å²) in [6.07, 6.45) is 0.783. The van der Waals surface area contributed by atoms with Crippen LogP contribution in [0.1, 0.15) is 29.2 Å². The Morgan fingerprint density at radius 2 is 1.59 bits per heavy atom. The topological polar surface area (TPSA) is 98.2 Å². The fourth-order valence-corrected chi connectivity index (χ4v) is 4.59. The molecule has 4 aromatic carbocycles. The Morgan fingerprint density at radius 3 is 2.30 bits per heavy atom. The number of amides is 2. The van der Waals surface area contributed by atoms with Gasteiger partial charge < -0.3 is 19.5 Å². The zero-order chi connectivity index (χ0) is 31.5. The SMILES string of the molecule is COc1cc(/C=N\NC(=O)[C@H](Cc2ccccc2)NC(=O)[C@@H](C)Oc2ccc(Cl)cc2Cl)ccc1OCc1ccc(C)cc1. The summed E-state index contributed by atoms with van der Waals surface area (Å²) in [5.41, 5.74) is 6.29. The molecule has 2 amide bonds. The van der Waals surface area contributed by atoms with Crippen molar-refractivity contribution in [2.75, 3.05) is 7.11 Å². The van der Waals surface area contributed by atoms with Crippen molar-refractivity contribution in [1.82, 2.24) is 10.7 Å². The van der Waals surface area contributed by atoms with E-state index >= 15 is 0 Å². The number of carbonyl (C=O) groups is 2. The van der Waals surface area contributed by atoms with Gasteiger partial charge in [-0.2, -0.15) is 5.10 Å². The van der Waals surface area contributed by atoms with Gasteiger partial charge in [-0.05, 0) is 66.9 Å². The number of hydrogen-bond donors (Lipinski definition) is 2. The number of hydrogen-bond acceptors (Lipinski definition) is 6. The molecule has 8 nitrogen and oxygen atoms in total. The maximum absolute atomic E-state index is 13.2. The summed E-state index contributed by atoms with van der Waals surface area (Å²) in [5.74, 6) is 0.407. The van der Waals surface area contributed by atoms with Gasteiger partial charge in [-0.15, -0.1) is 0 Å². The van der Waals surface area contributed by atoms with Crippen molar-refractivity contribution in [2.24, 2.45) is 5.10 Å². The van der Waals surface area contributed by atoms with Gasteiger partial charge in [0.1, 0.15) is 18.4 Å². The summed E-state index contributed by atoms with van der Waals surface area (Å²) in [7, 11) is 1.55. The minimum atomic E-state index is -0.942. The first kappa shape index (κ1) is 32.4. The lowest BCUT2D eigenvalue weighted by Gasteiger charge is -2.21. The molecule has 10 heteroatoms. The van der Waals surface area contributed by atoms with E-state index in [1.54, 1.807) is 44.4 Å². The number of methoxy groups -OCH3 is 1. The molecule has 0 radical (unpaired) electrons. The lowest BCUT2D eigenvalue weighted by molar-refractivity contribution is -0.132. The summed E-state index contributed by atoms with van der Waals surface area (Å²) in [4.78, 5) is 26.2. The molecule has 0 spiro atoms. The predicted octanol–water partition coefficient (Wildman–Crippen LogP) is 6.53. The van der Waals surface area contributed by atoms with Crippen molar-refractivity contribution in [3.63, 3.8) is 0 Å². The minimum Gasteiger partial charge on any atom is -0.493 e. The summed E-state index contributed by atoms with van der Waals surface area (Å²) in [6.45, 7) is 3.99. The first-order valence-corrected chi connectivity index (χ1v) is 14.6. The molecular formula is C34H33Cl2N3O5.